The zero-order valence-corrected chi connectivity index (χ0v) is 12.5. The maximum atomic E-state index is 12.1. The van der Waals surface area contributed by atoms with E-state index in [1.165, 1.54) is 0 Å². The molecule has 108 valence electrons. The zero-order valence-electron chi connectivity index (χ0n) is 11.6. The van der Waals surface area contributed by atoms with E-state index in [2.05, 4.69) is 5.32 Å². The number of nitrogens with one attached hydrogen (secondary N) is 1. The Bertz CT molecular complexity index is 495. The van der Waals surface area contributed by atoms with Gasteiger partial charge in [0.25, 0.3) is 5.91 Å². The van der Waals surface area contributed by atoms with E-state index in [0.29, 0.717) is 17.1 Å². The molecule has 0 unspecified atom stereocenters. The molecule has 1 aromatic carbocycles. The molecule has 0 aliphatic heterocycles. The highest BCUT2D eigenvalue weighted by molar-refractivity contribution is 7.80. The first-order chi connectivity index (χ1) is 9.56. The fraction of sp³-hybridized carbons (Fsp3) is 0.467. The summed E-state index contributed by atoms with van der Waals surface area (Å²) in [5, 5.41) is 3.00. The average Bonchev–Trinajstić information content (AvgIpc) is 3.23. The van der Waals surface area contributed by atoms with Crippen molar-refractivity contribution in [2.45, 2.75) is 19.3 Å². The Kier molecular flexibility index (Phi) is 4.73. The summed E-state index contributed by atoms with van der Waals surface area (Å²) in [4.78, 5) is 12.4. The molecule has 4 nitrogen and oxygen atoms in total. The van der Waals surface area contributed by atoms with E-state index in [1.807, 2.05) is 0 Å². The number of nitrogens with two attached hydrogens (primary N) is 1. The normalized spacial score (nSPS) is 15.7. The van der Waals surface area contributed by atoms with Gasteiger partial charge in [-0.3, -0.25) is 4.79 Å². The van der Waals surface area contributed by atoms with Gasteiger partial charge >= 0.3 is 0 Å². The second-order valence-corrected chi connectivity index (χ2v) is 5.81. The van der Waals surface area contributed by atoms with Gasteiger partial charge in [-0.1, -0.05) is 24.4 Å². The summed E-state index contributed by atoms with van der Waals surface area (Å²) >= 11 is 4.89. The first-order valence-corrected chi connectivity index (χ1v) is 7.14. The molecule has 0 saturated heterocycles. The molecule has 0 spiro atoms. The van der Waals surface area contributed by atoms with Crippen molar-refractivity contribution < 1.29 is 9.53 Å². The van der Waals surface area contributed by atoms with Gasteiger partial charge in [0.15, 0.2) is 0 Å². The lowest BCUT2D eigenvalue weighted by Gasteiger charge is -2.15. The smallest absolute Gasteiger partial charge is 0.251 e. The van der Waals surface area contributed by atoms with Gasteiger partial charge in [0.2, 0.25) is 0 Å². The monoisotopic (exact) mass is 292 g/mol. The van der Waals surface area contributed by atoms with Crippen LogP contribution in [0.1, 0.15) is 35.2 Å². The van der Waals surface area contributed by atoms with Crippen LogP contribution in [0.2, 0.25) is 0 Å². The molecule has 3 N–H and O–H groups in total. The lowest BCUT2D eigenvalue weighted by Crippen LogP contribution is -2.30. The number of hydrogen-bond donors (Lipinski definition) is 2. The Labute approximate surface area is 124 Å². The standard InChI is InChI=1S/C15H20N2O2S/c1-19-9-8-15(6-7-15)10-17-14(18)12-4-2-11(3-5-12)13(16)20/h2-5H,6-10H2,1H3,(H2,16,20)(H,17,18). The molecule has 0 atom stereocenters. The molecule has 1 amide bonds. The summed E-state index contributed by atoms with van der Waals surface area (Å²) < 4.78 is 5.11. The first kappa shape index (κ1) is 14.9. The quantitative estimate of drug-likeness (QED) is 0.753. The van der Waals surface area contributed by atoms with Crippen molar-refractivity contribution in [2.75, 3.05) is 20.3 Å². The van der Waals surface area contributed by atoms with Crippen molar-refractivity contribution in [3.8, 4) is 0 Å². The van der Waals surface area contributed by atoms with Gasteiger partial charge < -0.3 is 15.8 Å². The largest absolute Gasteiger partial charge is 0.389 e. The highest BCUT2D eigenvalue weighted by Crippen LogP contribution is 2.48. The summed E-state index contributed by atoms with van der Waals surface area (Å²) in [5.41, 5.74) is 7.19. The number of benzene rings is 1. The van der Waals surface area contributed by atoms with Crippen molar-refractivity contribution in [3.63, 3.8) is 0 Å². The van der Waals surface area contributed by atoms with E-state index in [0.717, 1.165) is 31.4 Å². The Morgan fingerprint density at radius 2 is 1.95 bits per heavy atom. The molecule has 1 fully saturated rings. The predicted molar refractivity (Wildman–Crippen MR) is 82.8 cm³/mol. The van der Waals surface area contributed by atoms with Crippen LogP contribution in [0, 0.1) is 5.41 Å². The van der Waals surface area contributed by atoms with E-state index in [9.17, 15) is 4.79 Å². The van der Waals surface area contributed by atoms with Gasteiger partial charge in [-0.15, -0.1) is 0 Å². The van der Waals surface area contributed by atoms with E-state index in [1.54, 1.807) is 31.4 Å². The summed E-state index contributed by atoms with van der Waals surface area (Å²) in [6.07, 6.45) is 3.33. The number of amides is 1. The van der Waals surface area contributed by atoms with Gasteiger partial charge in [-0.2, -0.15) is 0 Å². The second-order valence-electron chi connectivity index (χ2n) is 5.37. The lowest BCUT2D eigenvalue weighted by molar-refractivity contribution is 0.0938. The first-order valence-electron chi connectivity index (χ1n) is 6.73. The summed E-state index contributed by atoms with van der Waals surface area (Å²) in [6, 6.07) is 7.04. The fourth-order valence-corrected chi connectivity index (χ4v) is 2.30. The average molecular weight is 292 g/mol. The number of thiocarbonyl (C=S) groups is 1. The van der Waals surface area contributed by atoms with Gasteiger partial charge in [0.1, 0.15) is 4.99 Å². The maximum Gasteiger partial charge on any atom is 0.251 e. The SMILES string of the molecule is COCCC1(CNC(=O)c2ccc(C(N)=S)cc2)CC1. The maximum absolute atomic E-state index is 12.1. The summed E-state index contributed by atoms with van der Waals surface area (Å²) in [6.45, 7) is 1.46. The number of rotatable bonds is 7. The van der Waals surface area contributed by atoms with Crippen molar-refractivity contribution in [1.82, 2.24) is 5.32 Å². The van der Waals surface area contributed by atoms with Crippen molar-refractivity contribution in [1.29, 1.82) is 0 Å². The number of hydrogen-bond acceptors (Lipinski definition) is 3. The minimum atomic E-state index is -0.0526. The molecular formula is C15H20N2O2S. The van der Waals surface area contributed by atoms with E-state index >= 15 is 0 Å². The molecule has 0 heterocycles. The highest BCUT2D eigenvalue weighted by atomic mass is 32.1. The molecule has 1 aromatic rings. The number of carbonyl (C=O) groups excluding carboxylic acids is 1. The molecule has 0 bridgehead atoms. The Balaban J connectivity index is 1.87. The molecule has 0 radical (unpaired) electrons. The lowest BCUT2D eigenvalue weighted by atomic mass is 10.0. The van der Waals surface area contributed by atoms with E-state index in [4.69, 9.17) is 22.7 Å². The molecule has 20 heavy (non-hydrogen) atoms. The van der Waals surface area contributed by atoms with Crippen LogP contribution in [-0.2, 0) is 4.74 Å². The Morgan fingerprint density at radius 1 is 1.35 bits per heavy atom. The molecule has 1 aliphatic carbocycles. The fourth-order valence-electron chi connectivity index (χ4n) is 2.17. The van der Waals surface area contributed by atoms with Crippen LogP contribution in [0.15, 0.2) is 24.3 Å². The van der Waals surface area contributed by atoms with Crippen molar-refractivity contribution in [2.24, 2.45) is 11.1 Å². The van der Waals surface area contributed by atoms with Gasteiger partial charge in [-0.05, 0) is 36.8 Å². The van der Waals surface area contributed by atoms with Gasteiger partial charge in [0.05, 0.1) is 0 Å². The third-order valence-electron chi connectivity index (χ3n) is 3.85. The Morgan fingerprint density at radius 3 is 2.45 bits per heavy atom. The minimum absolute atomic E-state index is 0.0526. The molecule has 1 saturated carbocycles. The van der Waals surface area contributed by atoms with Crippen LogP contribution in [0.3, 0.4) is 0 Å². The van der Waals surface area contributed by atoms with Crippen molar-refractivity contribution >= 4 is 23.1 Å². The Hall–Kier alpha value is -1.46. The zero-order chi connectivity index (χ0) is 14.6. The van der Waals surface area contributed by atoms with Crippen LogP contribution in [0.25, 0.3) is 0 Å². The molecular weight excluding hydrogens is 272 g/mol. The van der Waals surface area contributed by atoms with Crippen LogP contribution in [-0.4, -0.2) is 31.2 Å². The number of ether oxygens (including phenoxy) is 1. The van der Waals surface area contributed by atoms with Gasteiger partial charge in [0, 0.05) is 31.4 Å². The predicted octanol–water partition coefficient (Wildman–Crippen LogP) is 1.87. The molecule has 0 aromatic heterocycles. The number of methoxy groups -OCH3 is 1. The van der Waals surface area contributed by atoms with Crippen LogP contribution >= 0.6 is 12.2 Å². The van der Waals surface area contributed by atoms with Crippen LogP contribution in [0.5, 0.6) is 0 Å². The molecule has 5 heteroatoms. The van der Waals surface area contributed by atoms with Gasteiger partial charge in [-0.25, -0.2) is 0 Å². The molecule has 1 aliphatic rings. The van der Waals surface area contributed by atoms with E-state index < -0.39 is 0 Å². The minimum Gasteiger partial charge on any atom is -0.389 e. The summed E-state index contributed by atoms with van der Waals surface area (Å²) in [7, 11) is 1.71. The second kappa shape index (κ2) is 6.33. The number of carbonyl (C=O) groups is 1. The molecule has 2 rings (SSSR count). The third kappa shape index (κ3) is 3.77. The van der Waals surface area contributed by atoms with E-state index in [-0.39, 0.29) is 11.3 Å². The van der Waals surface area contributed by atoms with Crippen LogP contribution < -0.4 is 11.1 Å². The topological polar surface area (TPSA) is 64.3 Å². The highest BCUT2D eigenvalue weighted by Gasteiger charge is 2.42. The summed E-state index contributed by atoms with van der Waals surface area (Å²) in [5.74, 6) is -0.0526. The van der Waals surface area contributed by atoms with Crippen molar-refractivity contribution in [3.05, 3.63) is 35.4 Å². The third-order valence-corrected chi connectivity index (χ3v) is 4.08. The van der Waals surface area contributed by atoms with Crippen LogP contribution in [0.4, 0.5) is 0 Å².